The highest BCUT2D eigenvalue weighted by atomic mass is 127. The number of pyridine rings is 1. The maximum absolute atomic E-state index is 11.6. The lowest BCUT2D eigenvalue weighted by Crippen LogP contribution is -2.22. The van der Waals surface area contributed by atoms with Gasteiger partial charge in [-0.25, -0.2) is 9.67 Å². The standard InChI is InChI=1S/C13H14IN5O/c14-7-4-5-17-10(6-7)19-9-3-1-2-8(15)11(9)12(18-19)13(16)20/h4-6,8H,1-3,15H2,(H2,16,20). The van der Waals surface area contributed by atoms with Gasteiger partial charge in [0.25, 0.3) is 5.91 Å². The first-order chi connectivity index (χ1) is 9.58. The van der Waals surface area contributed by atoms with Crippen LogP contribution in [0.15, 0.2) is 18.3 Å². The van der Waals surface area contributed by atoms with Gasteiger partial charge in [-0.15, -0.1) is 0 Å². The quantitative estimate of drug-likeness (QED) is 0.764. The van der Waals surface area contributed by atoms with Crippen molar-refractivity contribution in [3.8, 4) is 5.82 Å². The first kappa shape index (κ1) is 13.5. The summed E-state index contributed by atoms with van der Waals surface area (Å²) >= 11 is 2.21. The molecule has 0 saturated carbocycles. The summed E-state index contributed by atoms with van der Waals surface area (Å²) in [6, 6.07) is 3.64. The molecule has 6 nitrogen and oxygen atoms in total. The van der Waals surface area contributed by atoms with Gasteiger partial charge in [0, 0.05) is 21.4 Å². The Morgan fingerprint density at radius 1 is 1.50 bits per heavy atom. The van der Waals surface area contributed by atoms with E-state index in [4.69, 9.17) is 11.5 Å². The van der Waals surface area contributed by atoms with Gasteiger partial charge >= 0.3 is 0 Å². The number of rotatable bonds is 2. The zero-order valence-corrected chi connectivity index (χ0v) is 12.9. The van der Waals surface area contributed by atoms with Crippen LogP contribution in [0.3, 0.4) is 0 Å². The minimum Gasteiger partial charge on any atom is -0.364 e. The number of primary amides is 1. The zero-order valence-electron chi connectivity index (χ0n) is 10.7. The maximum atomic E-state index is 11.6. The van der Waals surface area contributed by atoms with Crippen molar-refractivity contribution in [3.05, 3.63) is 38.9 Å². The first-order valence-corrected chi connectivity index (χ1v) is 7.45. The summed E-state index contributed by atoms with van der Waals surface area (Å²) in [6.45, 7) is 0. The minimum atomic E-state index is -0.539. The molecule has 1 atom stereocenters. The highest BCUT2D eigenvalue weighted by Crippen LogP contribution is 2.32. The Balaban J connectivity index is 2.22. The van der Waals surface area contributed by atoms with Crippen molar-refractivity contribution in [3.63, 3.8) is 0 Å². The average Bonchev–Trinajstić information content (AvgIpc) is 2.80. The molecule has 1 amide bonds. The Morgan fingerprint density at radius 3 is 3.00 bits per heavy atom. The molecule has 3 rings (SSSR count). The van der Waals surface area contributed by atoms with Crippen molar-refractivity contribution in [2.75, 3.05) is 0 Å². The number of nitrogens with zero attached hydrogens (tertiary/aromatic N) is 3. The monoisotopic (exact) mass is 383 g/mol. The molecule has 1 aliphatic carbocycles. The van der Waals surface area contributed by atoms with Crippen LogP contribution in [0, 0.1) is 3.57 Å². The van der Waals surface area contributed by atoms with E-state index >= 15 is 0 Å². The molecule has 4 N–H and O–H groups in total. The second kappa shape index (κ2) is 5.13. The van der Waals surface area contributed by atoms with E-state index in [1.807, 2.05) is 12.1 Å². The number of nitrogens with two attached hydrogens (primary N) is 2. The molecule has 1 unspecified atom stereocenters. The van der Waals surface area contributed by atoms with Crippen LogP contribution >= 0.6 is 22.6 Å². The second-order valence-electron chi connectivity index (χ2n) is 4.82. The Kier molecular flexibility index (Phi) is 3.47. The molecule has 0 radical (unpaired) electrons. The Labute approximate surface area is 129 Å². The molecule has 1 aliphatic rings. The molecular weight excluding hydrogens is 369 g/mol. The lowest BCUT2D eigenvalue weighted by atomic mass is 9.91. The first-order valence-electron chi connectivity index (χ1n) is 6.37. The summed E-state index contributed by atoms with van der Waals surface area (Å²) in [6.07, 6.45) is 4.37. The van der Waals surface area contributed by atoms with E-state index in [-0.39, 0.29) is 11.7 Å². The normalized spacial score (nSPS) is 17.8. The lowest BCUT2D eigenvalue weighted by Gasteiger charge is -2.19. The summed E-state index contributed by atoms with van der Waals surface area (Å²) in [5, 5.41) is 4.35. The van der Waals surface area contributed by atoms with Crippen LogP contribution in [0.2, 0.25) is 0 Å². The Morgan fingerprint density at radius 2 is 2.30 bits per heavy atom. The number of halogens is 1. The highest BCUT2D eigenvalue weighted by molar-refractivity contribution is 14.1. The average molecular weight is 383 g/mol. The smallest absolute Gasteiger partial charge is 0.269 e. The van der Waals surface area contributed by atoms with Crippen LogP contribution in [-0.2, 0) is 6.42 Å². The topological polar surface area (TPSA) is 99.8 Å². The molecule has 7 heteroatoms. The third kappa shape index (κ3) is 2.20. The van der Waals surface area contributed by atoms with Crippen LogP contribution in [0.5, 0.6) is 0 Å². The number of carbonyl (C=O) groups is 1. The summed E-state index contributed by atoms with van der Waals surface area (Å²) in [5.41, 5.74) is 13.6. The van der Waals surface area contributed by atoms with Gasteiger partial charge in [0.2, 0.25) is 0 Å². The minimum absolute atomic E-state index is 0.183. The molecule has 0 spiro atoms. The summed E-state index contributed by atoms with van der Waals surface area (Å²) in [4.78, 5) is 15.9. The number of carbonyl (C=O) groups excluding carboxylic acids is 1. The van der Waals surface area contributed by atoms with Gasteiger partial charge in [-0.05, 0) is 54.0 Å². The van der Waals surface area contributed by atoms with Crippen LogP contribution < -0.4 is 11.5 Å². The fourth-order valence-corrected chi connectivity index (χ4v) is 3.05. The van der Waals surface area contributed by atoms with E-state index in [1.165, 1.54) is 0 Å². The largest absolute Gasteiger partial charge is 0.364 e. The molecule has 0 saturated heterocycles. The van der Waals surface area contributed by atoms with E-state index in [0.717, 1.165) is 34.1 Å². The van der Waals surface area contributed by atoms with E-state index in [2.05, 4.69) is 32.7 Å². The van der Waals surface area contributed by atoms with E-state index in [0.29, 0.717) is 5.82 Å². The lowest BCUT2D eigenvalue weighted by molar-refractivity contribution is 0.0993. The van der Waals surface area contributed by atoms with Crippen LogP contribution in [0.25, 0.3) is 5.82 Å². The zero-order chi connectivity index (χ0) is 14.3. The van der Waals surface area contributed by atoms with Gasteiger partial charge < -0.3 is 11.5 Å². The van der Waals surface area contributed by atoms with Crippen molar-refractivity contribution in [1.82, 2.24) is 14.8 Å². The Hall–Kier alpha value is -1.48. The van der Waals surface area contributed by atoms with Crippen LogP contribution in [0.4, 0.5) is 0 Å². The van der Waals surface area contributed by atoms with Crippen LogP contribution in [-0.4, -0.2) is 20.7 Å². The predicted octanol–water partition coefficient (Wildman–Crippen LogP) is 1.31. The number of aromatic nitrogens is 3. The number of hydrogen-bond acceptors (Lipinski definition) is 4. The van der Waals surface area contributed by atoms with Crippen molar-refractivity contribution in [2.45, 2.75) is 25.3 Å². The maximum Gasteiger partial charge on any atom is 0.269 e. The Bertz CT molecular complexity index is 681. The van der Waals surface area contributed by atoms with Crippen molar-refractivity contribution < 1.29 is 4.79 Å². The summed E-state index contributed by atoms with van der Waals surface area (Å²) < 4.78 is 2.76. The summed E-state index contributed by atoms with van der Waals surface area (Å²) in [7, 11) is 0. The van der Waals surface area contributed by atoms with Crippen molar-refractivity contribution in [1.29, 1.82) is 0 Å². The number of hydrogen-bond donors (Lipinski definition) is 2. The van der Waals surface area contributed by atoms with Gasteiger partial charge in [-0.2, -0.15) is 5.10 Å². The fourth-order valence-electron chi connectivity index (χ4n) is 2.61. The SMILES string of the molecule is NC(=O)c1nn(-c2cc(I)ccn2)c2c1C(N)CCC2. The molecule has 0 fully saturated rings. The fraction of sp³-hybridized carbons (Fsp3) is 0.308. The molecule has 0 aliphatic heterocycles. The number of fused-ring (bicyclic) bond motifs is 1. The van der Waals surface area contributed by atoms with E-state index < -0.39 is 5.91 Å². The van der Waals surface area contributed by atoms with Gasteiger partial charge in [0.15, 0.2) is 11.5 Å². The van der Waals surface area contributed by atoms with E-state index in [1.54, 1.807) is 10.9 Å². The molecule has 0 aromatic carbocycles. The van der Waals surface area contributed by atoms with Crippen molar-refractivity contribution in [2.24, 2.45) is 11.5 Å². The predicted molar refractivity (Wildman–Crippen MR) is 82.5 cm³/mol. The molecule has 0 bridgehead atoms. The molecule has 20 heavy (non-hydrogen) atoms. The molecule has 104 valence electrons. The third-order valence-electron chi connectivity index (χ3n) is 3.48. The van der Waals surface area contributed by atoms with Gasteiger partial charge in [0.05, 0.1) is 5.69 Å². The van der Waals surface area contributed by atoms with Crippen LogP contribution in [0.1, 0.15) is 40.6 Å². The molecule has 2 aromatic rings. The molecule has 2 heterocycles. The van der Waals surface area contributed by atoms with Gasteiger partial charge in [0.1, 0.15) is 0 Å². The molecular formula is C13H14IN5O. The molecule has 2 aromatic heterocycles. The second-order valence-corrected chi connectivity index (χ2v) is 6.06. The van der Waals surface area contributed by atoms with E-state index in [9.17, 15) is 4.79 Å². The van der Waals surface area contributed by atoms with Crippen molar-refractivity contribution >= 4 is 28.5 Å². The van der Waals surface area contributed by atoms with Gasteiger partial charge in [-0.1, -0.05) is 0 Å². The highest BCUT2D eigenvalue weighted by Gasteiger charge is 2.29. The summed E-state index contributed by atoms with van der Waals surface area (Å²) in [5.74, 6) is 0.151. The number of amides is 1. The van der Waals surface area contributed by atoms with Gasteiger partial charge in [-0.3, -0.25) is 4.79 Å². The third-order valence-corrected chi connectivity index (χ3v) is 4.15.